The number of hydrogen-bond acceptors (Lipinski definition) is 5. The highest BCUT2D eigenvalue weighted by Gasteiger charge is 1.92. The van der Waals surface area contributed by atoms with Crippen LogP contribution in [-0.2, 0) is 0 Å². The smallest absolute Gasteiger partial charge is 0.146 e. The van der Waals surface area contributed by atoms with Gasteiger partial charge in [-0.15, -0.1) is 20.4 Å². The molecule has 0 aliphatic carbocycles. The second kappa shape index (κ2) is 1.94. The van der Waals surface area contributed by atoms with Crippen molar-refractivity contribution < 1.29 is 0 Å². The summed E-state index contributed by atoms with van der Waals surface area (Å²) in [4.78, 5) is 0. The molecule has 2 heterocycles. The Morgan fingerprint density at radius 3 is 3.20 bits per heavy atom. The summed E-state index contributed by atoms with van der Waals surface area (Å²) in [7, 11) is 0. The Morgan fingerprint density at radius 2 is 2.30 bits per heavy atom. The van der Waals surface area contributed by atoms with Gasteiger partial charge in [0.2, 0.25) is 5.65 Å². The third-order valence-corrected chi connectivity index (χ3v) is 1.07. The standard InChI is InChI=1S/C5H2N5/c1-2-6-8-5-4(1)3-7-10-9-5/h1,3H. The van der Waals surface area contributed by atoms with Crippen LogP contribution >= 0.6 is 0 Å². The fourth-order valence-electron chi connectivity index (χ4n) is 0.626. The number of rotatable bonds is 0. The predicted octanol–water partition coefficient (Wildman–Crippen LogP) is -0.385. The lowest BCUT2D eigenvalue weighted by molar-refractivity contribution is 0.870. The van der Waals surface area contributed by atoms with E-state index in [2.05, 4.69) is 31.8 Å². The molecule has 0 N–H and O–H groups in total. The molecule has 5 heteroatoms. The lowest BCUT2D eigenvalue weighted by Gasteiger charge is -1.86. The zero-order chi connectivity index (χ0) is 6.81. The van der Waals surface area contributed by atoms with Crippen molar-refractivity contribution in [3.63, 3.8) is 0 Å². The summed E-state index contributed by atoms with van der Waals surface area (Å²) in [5.74, 6) is 0. The van der Waals surface area contributed by atoms with Crippen molar-refractivity contribution in [3.05, 3.63) is 18.5 Å². The van der Waals surface area contributed by atoms with E-state index in [9.17, 15) is 0 Å². The molecule has 0 aliphatic heterocycles. The third kappa shape index (κ3) is 0.680. The SMILES string of the molecule is [c]1cc2cnnnc2nn1. The van der Waals surface area contributed by atoms with Crippen LogP contribution in [0.25, 0.3) is 11.0 Å². The summed E-state index contributed by atoms with van der Waals surface area (Å²) >= 11 is 0. The molecule has 0 saturated carbocycles. The molecule has 5 nitrogen and oxygen atoms in total. The minimum atomic E-state index is 0.494. The van der Waals surface area contributed by atoms with E-state index in [0.717, 1.165) is 5.39 Å². The minimum absolute atomic E-state index is 0.494. The molecule has 0 spiro atoms. The van der Waals surface area contributed by atoms with Crippen LogP contribution in [0, 0.1) is 6.20 Å². The zero-order valence-corrected chi connectivity index (χ0v) is 4.89. The molecule has 1 radical (unpaired) electrons. The van der Waals surface area contributed by atoms with Crippen molar-refractivity contribution in [2.45, 2.75) is 0 Å². The van der Waals surface area contributed by atoms with Crippen LogP contribution in [0.1, 0.15) is 0 Å². The number of nitrogens with zero attached hydrogens (tertiary/aromatic N) is 5. The Kier molecular flexibility index (Phi) is 1.00. The molecule has 0 fully saturated rings. The molecule has 0 unspecified atom stereocenters. The lowest BCUT2D eigenvalue weighted by Crippen LogP contribution is -1.90. The third-order valence-electron chi connectivity index (χ3n) is 1.07. The summed E-state index contributed by atoms with van der Waals surface area (Å²) in [6.07, 6.45) is 4.13. The predicted molar refractivity (Wildman–Crippen MR) is 31.8 cm³/mol. The van der Waals surface area contributed by atoms with Gasteiger partial charge in [-0.3, -0.25) is 0 Å². The van der Waals surface area contributed by atoms with Crippen LogP contribution in [0.3, 0.4) is 0 Å². The maximum Gasteiger partial charge on any atom is 0.207 e. The molecular weight excluding hydrogens is 130 g/mol. The first-order chi connectivity index (χ1) is 4.97. The van der Waals surface area contributed by atoms with Gasteiger partial charge in [0.25, 0.3) is 0 Å². The van der Waals surface area contributed by atoms with Gasteiger partial charge < -0.3 is 0 Å². The van der Waals surface area contributed by atoms with Crippen molar-refractivity contribution >= 4 is 11.0 Å². The average molecular weight is 132 g/mol. The first-order valence-corrected chi connectivity index (χ1v) is 2.65. The largest absolute Gasteiger partial charge is 0.207 e. The Labute approximate surface area is 56.1 Å². The first-order valence-electron chi connectivity index (χ1n) is 2.65. The summed E-state index contributed by atoms with van der Waals surface area (Å²) in [6, 6.07) is 1.66. The Balaban J connectivity index is 2.89. The quantitative estimate of drug-likeness (QED) is 0.488. The Hall–Kier alpha value is -1.65. The van der Waals surface area contributed by atoms with Gasteiger partial charge in [0.1, 0.15) is 6.20 Å². The van der Waals surface area contributed by atoms with Crippen molar-refractivity contribution in [1.29, 1.82) is 0 Å². The van der Waals surface area contributed by atoms with Crippen molar-refractivity contribution in [2.24, 2.45) is 0 Å². The van der Waals surface area contributed by atoms with E-state index in [0.29, 0.717) is 5.65 Å². The van der Waals surface area contributed by atoms with Crippen LogP contribution in [0.5, 0.6) is 0 Å². The second-order valence-electron chi connectivity index (χ2n) is 1.69. The van der Waals surface area contributed by atoms with Gasteiger partial charge in [-0.1, -0.05) is 0 Å². The highest BCUT2D eigenvalue weighted by Crippen LogP contribution is 1.99. The molecule has 2 rings (SSSR count). The summed E-state index contributed by atoms with van der Waals surface area (Å²) in [6.45, 7) is 0. The van der Waals surface area contributed by atoms with E-state index >= 15 is 0 Å². The van der Waals surface area contributed by atoms with Crippen molar-refractivity contribution in [1.82, 2.24) is 25.6 Å². The van der Waals surface area contributed by atoms with Gasteiger partial charge >= 0.3 is 0 Å². The van der Waals surface area contributed by atoms with E-state index in [1.54, 1.807) is 12.3 Å². The topological polar surface area (TPSA) is 64.5 Å². The number of hydrogen-bond donors (Lipinski definition) is 0. The van der Waals surface area contributed by atoms with Crippen LogP contribution in [0.4, 0.5) is 0 Å². The van der Waals surface area contributed by atoms with Gasteiger partial charge in [0.05, 0.1) is 6.20 Å². The molecule has 0 aromatic carbocycles. The molecule has 0 atom stereocenters. The molecule has 0 saturated heterocycles. The van der Waals surface area contributed by atoms with E-state index in [1.165, 1.54) is 0 Å². The monoisotopic (exact) mass is 132 g/mol. The summed E-state index contributed by atoms with van der Waals surface area (Å²) in [5.41, 5.74) is 0.494. The molecule has 0 bridgehead atoms. The van der Waals surface area contributed by atoms with Crippen LogP contribution in [0.2, 0.25) is 0 Å². The van der Waals surface area contributed by atoms with E-state index < -0.39 is 0 Å². The van der Waals surface area contributed by atoms with Gasteiger partial charge in [0, 0.05) is 5.39 Å². The molecule has 10 heavy (non-hydrogen) atoms. The lowest BCUT2D eigenvalue weighted by atomic mass is 10.4. The Morgan fingerprint density at radius 1 is 1.30 bits per heavy atom. The summed E-state index contributed by atoms with van der Waals surface area (Å²) < 4.78 is 0. The van der Waals surface area contributed by atoms with E-state index in [-0.39, 0.29) is 0 Å². The normalized spacial score (nSPS) is 10.0. The van der Waals surface area contributed by atoms with Gasteiger partial charge in [-0.2, -0.15) is 0 Å². The number of aromatic nitrogens is 5. The van der Waals surface area contributed by atoms with Crippen LogP contribution in [-0.4, -0.2) is 25.6 Å². The van der Waals surface area contributed by atoms with Gasteiger partial charge in [0.15, 0.2) is 0 Å². The minimum Gasteiger partial charge on any atom is -0.146 e. The molecule has 47 valence electrons. The van der Waals surface area contributed by atoms with Crippen LogP contribution < -0.4 is 0 Å². The number of fused-ring (bicyclic) bond motifs is 1. The highest BCUT2D eigenvalue weighted by atomic mass is 15.3. The van der Waals surface area contributed by atoms with Crippen molar-refractivity contribution in [3.8, 4) is 0 Å². The fourth-order valence-corrected chi connectivity index (χ4v) is 0.626. The second-order valence-corrected chi connectivity index (χ2v) is 1.69. The first kappa shape index (κ1) is 5.16. The maximum absolute atomic E-state index is 3.66. The molecule has 2 aromatic rings. The molecule has 2 aromatic heterocycles. The molecule has 0 aliphatic rings. The molecule has 0 amide bonds. The zero-order valence-electron chi connectivity index (χ0n) is 4.89. The fraction of sp³-hybridized carbons (Fsp3) is 0. The Bertz CT molecular complexity index is 281. The van der Waals surface area contributed by atoms with Gasteiger partial charge in [-0.25, -0.2) is 0 Å². The van der Waals surface area contributed by atoms with E-state index in [1.807, 2.05) is 0 Å². The summed E-state index contributed by atoms with van der Waals surface area (Å²) in [5, 5.41) is 18.6. The molecular formula is C5H2N5. The van der Waals surface area contributed by atoms with E-state index in [4.69, 9.17) is 0 Å². The van der Waals surface area contributed by atoms with Gasteiger partial charge in [-0.05, 0) is 11.3 Å². The highest BCUT2D eigenvalue weighted by molar-refractivity contribution is 5.70. The average Bonchev–Trinajstić information content (AvgIpc) is 2.05. The maximum atomic E-state index is 3.66. The van der Waals surface area contributed by atoms with Crippen molar-refractivity contribution in [2.75, 3.05) is 0 Å². The van der Waals surface area contributed by atoms with Crippen LogP contribution in [0.15, 0.2) is 12.3 Å².